The molecule has 0 spiro atoms. The topological polar surface area (TPSA) is 25.0 Å². The van der Waals surface area contributed by atoms with Gasteiger partial charge in [-0.2, -0.15) is 0 Å². The van der Waals surface area contributed by atoms with E-state index in [1.54, 1.807) is 6.20 Å². The lowest BCUT2D eigenvalue weighted by Crippen LogP contribution is -1.98. The van der Waals surface area contributed by atoms with Crippen LogP contribution >= 0.6 is 15.9 Å². The van der Waals surface area contributed by atoms with E-state index in [1.807, 2.05) is 36.4 Å². The van der Waals surface area contributed by atoms with Gasteiger partial charge in [-0.05, 0) is 33.6 Å². The molecule has 1 aromatic heterocycles. The van der Waals surface area contributed by atoms with Gasteiger partial charge in [0.1, 0.15) is 6.61 Å². The molecule has 0 unspecified atom stereocenters. The third-order valence-corrected chi connectivity index (χ3v) is 3.55. The van der Waals surface area contributed by atoms with Crippen LogP contribution in [0, 0.1) is 5.82 Å². The van der Waals surface area contributed by atoms with Gasteiger partial charge in [0.25, 0.3) is 0 Å². The number of hydrogen-bond donors (Lipinski definition) is 1. The number of aromatic nitrogens is 1. The summed E-state index contributed by atoms with van der Waals surface area (Å²) in [5.74, 6) is -0.0850. The van der Waals surface area contributed by atoms with Crippen molar-refractivity contribution in [3.8, 4) is 5.75 Å². The predicted octanol–water partition coefficient (Wildman–Crippen LogP) is 4.65. The summed E-state index contributed by atoms with van der Waals surface area (Å²) in [7, 11) is 0. The second-order valence-corrected chi connectivity index (χ2v) is 5.06. The van der Waals surface area contributed by atoms with Crippen LogP contribution in [0.15, 0.2) is 53.1 Å². The highest BCUT2D eigenvalue weighted by Gasteiger charge is 2.13. The van der Waals surface area contributed by atoms with E-state index in [4.69, 9.17) is 4.74 Å². The van der Waals surface area contributed by atoms with E-state index in [9.17, 15) is 4.39 Å². The smallest absolute Gasteiger partial charge is 0.166 e. The lowest BCUT2D eigenvalue weighted by molar-refractivity contribution is 0.294. The second-order valence-electron chi connectivity index (χ2n) is 4.21. The largest absolute Gasteiger partial charge is 0.485 e. The Kier molecular flexibility index (Phi) is 3.25. The lowest BCUT2D eigenvalue weighted by atomic mass is 10.2. The summed E-state index contributed by atoms with van der Waals surface area (Å²) in [5, 5.41) is 0.739. The van der Waals surface area contributed by atoms with Crippen LogP contribution in [0.1, 0.15) is 5.56 Å². The van der Waals surface area contributed by atoms with Crippen LogP contribution in [-0.2, 0) is 6.61 Å². The molecule has 3 aromatic rings. The third-order valence-electron chi connectivity index (χ3n) is 2.93. The number of H-pyrrole nitrogens is 1. The molecule has 0 bridgehead atoms. The molecule has 96 valence electrons. The first-order valence-electron chi connectivity index (χ1n) is 5.87. The number of hydrogen-bond acceptors (Lipinski definition) is 1. The monoisotopic (exact) mass is 319 g/mol. The van der Waals surface area contributed by atoms with Crippen molar-refractivity contribution in [2.24, 2.45) is 0 Å². The van der Waals surface area contributed by atoms with Gasteiger partial charge in [-0.15, -0.1) is 0 Å². The lowest BCUT2D eigenvalue weighted by Gasteiger charge is -2.09. The molecular formula is C15H11BrFNO. The van der Waals surface area contributed by atoms with Crippen molar-refractivity contribution >= 4 is 26.8 Å². The number of aromatic amines is 1. The summed E-state index contributed by atoms with van der Waals surface area (Å²) in [5.41, 5.74) is 1.85. The average molecular weight is 320 g/mol. The van der Waals surface area contributed by atoms with Crippen molar-refractivity contribution < 1.29 is 9.13 Å². The molecule has 0 amide bonds. The minimum atomic E-state index is -0.366. The number of benzene rings is 2. The second kappa shape index (κ2) is 5.05. The molecule has 19 heavy (non-hydrogen) atoms. The molecule has 0 aliphatic rings. The zero-order valence-corrected chi connectivity index (χ0v) is 11.6. The summed E-state index contributed by atoms with van der Waals surface area (Å²) in [4.78, 5) is 3.06. The summed E-state index contributed by atoms with van der Waals surface area (Å²) in [6.07, 6.45) is 1.77. The van der Waals surface area contributed by atoms with E-state index in [2.05, 4.69) is 20.9 Å². The molecule has 0 saturated heterocycles. The molecule has 4 heteroatoms. The van der Waals surface area contributed by atoms with Gasteiger partial charge in [0, 0.05) is 16.1 Å². The highest BCUT2D eigenvalue weighted by molar-refractivity contribution is 9.10. The van der Waals surface area contributed by atoms with Crippen molar-refractivity contribution in [2.45, 2.75) is 6.61 Å². The van der Waals surface area contributed by atoms with Crippen LogP contribution < -0.4 is 4.74 Å². The SMILES string of the molecule is Fc1cc(Br)c2[nH]ccc2c1OCc1ccccc1. The minimum Gasteiger partial charge on any atom is -0.485 e. The van der Waals surface area contributed by atoms with E-state index >= 15 is 0 Å². The molecule has 1 heterocycles. The van der Waals surface area contributed by atoms with E-state index in [-0.39, 0.29) is 11.6 Å². The maximum absolute atomic E-state index is 14.0. The van der Waals surface area contributed by atoms with Gasteiger partial charge in [0.05, 0.1) is 5.52 Å². The quantitative estimate of drug-likeness (QED) is 0.747. The highest BCUT2D eigenvalue weighted by atomic mass is 79.9. The van der Waals surface area contributed by atoms with E-state index in [1.165, 1.54) is 6.07 Å². The van der Waals surface area contributed by atoms with E-state index in [0.29, 0.717) is 11.1 Å². The van der Waals surface area contributed by atoms with Crippen LogP contribution in [0.5, 0.6) is 5.75 Å². The molecule has 0 aliphatic heterocycles. The summed E-state index contributed by atoms with van der Waals surface area (Å²) < 4.78 is 20.3. The van der Waals surface area contributed by atoms with Crippen molar-refractivity contribution in [1.29, 1.82) is 0 Å². The predicted molar refractivity (Wildman–Crippen MR) is 76.7 cm³/mol. The maximum atomic E-state index is 14.0. The van der Waals surface area contributed by atoms with E-state index < -0.39 is 0 Å². The van der Waals surface area contributed by atoms with Gasteiger partial charge in [0.15, 0.2) is 11.6 Å². The summed E-state index contributed by atoms with van der Waals surface area (Å²) >= 11 is 3.33. The summed E-state index contributed by atoms with van der Waals surface area (Å²) in [6, 6.07) is 12.9. The first kappa shape index (κ1) is 12.2. The first-order chi connectivity index (χ1) is 9.25. The number of nitrogens with one attached hydrogen (secondary N) is 1. The first-order valence-corrected chi connectivity index (χ1v) is 6.67. The molecule has 0 aliphatic carbocycles. The van der Waals surface area contributed by atoms with Crippen molar-refractivity contribution in [2.75, 3.05) is 0 Å². The fraction of sp³-hybridized carbons (Fsp3) is 0.0667. The van der Waals surface area contributed by atoms with Gasteiger partial charge in [-0.3, -0.25) is 0 Å². The van der Waals surface area contributed by atoms with E-state index in [0.717, 1.165) is 16.5 Å². The summed E-state index contributed by atoms with van der Waals surface area (Å²) in [6.45, 7) is 0.347. The Morgan fingerprint density at radius 3 is 2.74 bits per heavy atom. The fourth-order valence-electron chi connectivity index (χ4n) is 2.01. The molecule has 0 radical (unpaired) electrons. The maximum Gasteiger partial charge on any atom is 0.166 e. The Balaban J connectivity index is 1.95. The minimum absolute atomic E-state index is 0.281. The third kappa shape index (κ3) is 2.36. The molecule has 2 aromatic carbocycles. The van der Waals surface area contributed by atoms with Crippen molar-refractivity contribution in [1.82, 2.24) is 4.98 Å². The van der Waals surface area contributed by atoms with Crippen molar-refractivity contribution in [3.63, 3.8) is 0 Å². The van der Waals surface area contributed by atoms with Crippen LogP contribution in [0.3, 0.4) is 0 Å². The Morgan fingerprint density at radius 2 is 1.95 bits per heavy atom. The normalized spacial score (nSPS) is 10.8. The van der Waals surface area contributed by atoms with Crippen LogP contribution in [0.25, 0.3) is 10.9 Å². The van der Waals surface area contributed by atoms with Gasteiger partial charge in [0.2, 0.25) is 0 Å². The van der Waals surface area contributed by atoms with Crippen LogP contribution in [0.2, 0.25) is 0 Å². The van der Waals surface area contributed by atoms with Gasteiger partial charge < -0.3 is 9.72 Å². The Labute approximate surface area is 118 Å². The number of ether oxygens (including phenoxy) is 1. The zero-order chi connectivity index (χ0) is 13.2. The standard InChI is InChI=1S/C15H11BrFNO/c16-12-8-13(17)15(11-6-7-18-14(11)12)19-9-10-4-2-1-3-5-10/h1-8,18H,9H2. The van der Waals surface area contributed by atoms with Crippen LogP contribution in [0.4, 0.5) is 4.39 Å². The molecular weight excluding hydrogens is 309 g/mol. The fourth-order valence-corrected chi connectivity index (χ4v) is 2.54. The number of fused-ring (bicyclic) bond motifs is 1. The highest BCUT2D eigenvalue weighted by Crippen LogP contribution is 2.34. The molecule has 3 rings (SSSR count). The number of halogens is 2. The molecule has 0 fully saturated rings. The van der Waals surface area contributed by atoms with Gasteiger partial charge >= 0.3 is 0 Å². The van der Waals surface area contributed by atoms with Crippen molar-refractivity contribution in [3.05, 3.63) is 64.5 Å². The zero-order valence-electron chi connectivity index (χ0n) is 9.99. The molecule has 0 atom stereocenters. The van der Waals surface area contributed by atoms with Gasteiger partial charge in [-0.1, -0.05) is 30.3 Å². The molecule has 0 saturated carbocycles. The molecule has 2 nitrogen and oxygen atoms in total. The van der Waals surface area contributed by atoms with Crippen LogP contribution in [-0.4, -0.2) is 4.98 Å². The number of rotatable bonds is 3. The molecule has 1 N–H and O–H groups in total. The Bertz CT molecular complexity index is 709. The van der Waals surface area contributed by atoms with Gasteiger partial charge in [-0.25, -0.2) is 4.39 Å². The Morgan fingerprint density at radius 1 is 1.16 bits per heavy atom. The average Bonchev–Trinajstić information content (AvgIpc) is 2.89. The Hall–Kier alpha value is -1.81.